The van der Waals surface area contributed by atoms with Gasteiger partial charge in [0, 0.05) is 0 Å². The molecule has 0 aromatic heterocycles. The third-order valence-corrected chi connectivity index (χ3v) is 1.22. The van der Waals surface area contributed by atoms with Gasteiger partial charge in [-0.1, -0.05) is 18.5 Å². The van der Waals surface area contributed by atoms with Gasteiger partial charge in [-0.25, -0.2) is 0 Å². The lowest BCUT2D eigenvalue weighted by Gasteiger charge is -1.96. The Bertz CT molecular complexity index is 93.1. The molecule has 0 aliphatic carbocycles. The van der Waals surface area contributed by atoms with Crippen molar-refractivity contribution in [2.45, 2.75) is 19.8 Å². The highest BCUT2D eigenvalue weighted by Gasteiger charge is 1.93. The highest BCUT2D eigenvalue weighted by Crippen LogP contribution is 1.94. The molecule has 0 fully saturated rings. The molecule has 0 amide bonds. The molecule has 0 saturated carbocycles. The first-order chi connectivity index (χ1) is 4.35. The Labute approximate surface area is 60.8 Å². The van der Waals surface area contributed by atoms with Gasteiger partial charge in [0.05, 0.1) is 11.6 Å². The lowest BCUT2D eigenvalue weighted by molar-refractivity contribution is 0.212. The molecule has 0 saturated heterocycles. The summed E-state index contributed by atoms with van der Waals surface area (Å²) in [6.45, 7) is 2.08. The summed E-state index contributed by atoms with van der Waals surface area (Å²) in [4.78, 5) is 4.55. The smallest absolute Gasteiger partial charge is 0.106 e. The van der Waals surface area contributed by atoms with Crippen LogP contribution in [0.2, 0.25) is 0 Å². The van der Waals surface area contributed by atoms with Crippen LogP contribution in [-0.4, -0.2) is 18.7 Å². The van der Waals surface area contributed by atoms with Gasteiger partial charge >= 0.3 is 0 Å². The van der Waals surface area contributed by atoms with Gasteiger partial charge in [0.25, 0.3) is 0 Å². The van der Waals surface area contributed by atoms with Gasteiger partial charge < -0.3 is 4.84 Å². The molecule has 0 aromatic rings. The molecule has 3 heteroatoms. The fourth-order valence-corrected chi connectivity index (χ4v) is 0.737. The molecule has 0 unspecified atom stereocenters. The molecule has 0 spiro atoms. The summed E-state index contributed by atoms with van der Waals surface area (Å²) >= 11 is 5.51. The van der Waals surface area contributed by atoms with Crippen LogP contribution in [0.5, 0.6) is 0 Å². The predicted octanol–water partition coefficient (Wildman–Crippen LogP) is 2.03. The summed E-state index contributed by atoms with van der Waals surface area (Å²) in [5.74, 6) is 0.474. The monoisotopic (exact) mass is 149 g/mol. The number of rotatable bonds is 4. The number of oxime groups is 1. The Morgan fingerprint density at radius 2 is 2.33 bits per heavy atom. The summed E-state index contributed by atoms with van der Waals surface area (Å²) in [6.07, 6.45) is 1.99. The van der Waals surface area contributed by atoms with Crippen molar-refractivity contribution >= 4 is 17.3 Å². The van der Waals surface area contributed by atoms with E-state index in [1.54, 1.807) is 0 Å². The third-order valence-electron chi connectivity index (χ3n) is 0.913. The lowest BCUT2D eigenvalue weighted by Crippen LogP contribution is -1.99. The average Bonchev–Trinajstić information content (AvgIpc) is 1.88. The average molecular weight is 150 g/mol. The standard InChI is InChI=1S/C6H12ClNO/c1-3-4-6(5-7)8-9-2/h3-5H2,1-2H3. The number of hydrogen-bond donors (Lipinski definition) is 0. The van der Waals surface area contributed by atoms with E-state index < -0.39 is 0 Å². The first kappa shape index (κ1) is 8.76. The van der Waals surface area contributed by atoms with Crippen LogP contribution in [0.4, 0.5) is 0 Å². The molecule has 0 aliphatic heterocycles. The minimum absolute atomic E-state index is 0.474. The van der Waals surface area contributed by atoms with E-state index in [9.17, 15) is 0 Å². The van der Waals surface area contributed by atoms with E-state index in [0.717, 1.165) is 18.6 Å². The van der Waals surface area contributed by atoms with Crippen LogP contribution in [0.25, 0.3) is 0 Å². The number of halogens is 1. The van der Waals surface area contributed by atoms with Crippen molar-refractivity contribution in [2.24, 2.45) is 5.16 Å². The van der Waals surface area contributed by atoms with E-state index in [1.165, 1.54) is 7.11 Å². The van der Waals surface area contributed by atoms with E-state index in [4.69, 9.17) is 11.6 Å². The van der Waals surface area contributed by atoms with Gasteiger partial charge in [0.15, 0.2) is 0 Å². The maximum Gasteiger partial charge on any atom is 0.106 e. The number of nitrogens with zero attached hydrogens (tertiary/aromatic N) is 1. The van der Waals surface area contributed by atoms with Crippen molar-refractivity contribution in [1.29, 1.82) is 0 Å². The number of alkyl halides is 1. The molecule has 0 bridgehead atoms. The summed E-state index contributed by atoms with van der Waals surface area (Å²) in [7, 11) is 1.53. The number of hydrogen-bond acceptors (Lipinski definition) is 2. The minimum Gasteiger partial charge on any atom is -0.399 e. The van der Waals surface area contributed by atoms with Crippen LogP contribution in [0, 0.1) is 0 Å². The van der Waals surface area contributed by atoms with Crippen LogP contribution in [0.15, 0.2) is 5.16 Å². The second kappa shape index (κ2) is 5.89. The first-order valence-electron chi connectivity index (χ1n) is 3.00. The highest BCUT2D eigenvalue weighted by atomic mass is 35.5. The van der Waals surface area contributed by atoms with Crippen LogP contribution < -0.4 is 0 Å². The highest BCUT2D eigenvalue weighted by molar-refractivity contribution is 6.28. The maximum atomic E-state index is 5.51. The molecule has 0 atom stereocenters. The molecule has 2 nitrogen and oxygen atoms in total. The van der Waals surface area contributed by atoms with Crippen molar-refractivity contribution in [3.8, 4) is 0 Å². The van der Waals surface area contributed by atoms with Gasteiger partial charge in [-0.2, -0.15) is 0 Å². The van der Waals surface area contributed by atoms with Crippen LogP contribution in [0.1, 0.15) is 19.8 Å². The van der Waals surface area contributed by atoms with Crippen molar-refractivity contribution in [3.05, 3.63) is 0 Å². The molecular weight excluding hydrogens is 138 g/mol. The van der Waals surface area contributed by atoms with E-state index >= 15 is 0 Å². The zero-order valence-electron chi connectivity index (χ0n) is 5.85. The van der Waals surface area contributed by atoms with E-state index in [2.05, 4.69) is 16.9 Å². The van der Waals surface area contributed by atoms with Gasteiger partial charge in [-0.05, 0) is 6.42 Å². The Morgan fingerprint density at radius 1 is 1.67 bits per heavy atom. The topological polar surface area (TPSA) is 21.6 Å². The third kappa shape index (κ3) is 4.28. The fraction of sp³-hybridized carbons (Fsp3) is 0.833. The Hall–Kier alpha value is -0.240. The van der Waals surface area contributed by atoms with Gasteiger partial charge in [0.2, 0.25) is 0 Å². The molecular formula is C6H12ClNO. The Balaban J connectivity index is 3.53. The van der Waals surface area contributed by atoms with E-state index in [1.807, 2.05) is 0 Å². The molecule has 54 valence electrons. The second-order valence-electron chi connectivity index (χ2n) is 1.72. The molecule has 0 radical (unpaired) electrons. The normalized spacial score (nSPS) is 11.7. The van der Waals surface area contributed by atoms with Crippen molar-refractivity contribution in [3.63, 3.8) is 0 Å². The maximum absolute atomic E-state index is 5.51. The summed E-state index contributed by atoms with van der Waals surface area (Å²) in [6, 6.07) is 0. The minimum atomic E-state index is 0.474. The second-order valence-corrected chi connectivity index (χ2v) is 1.99. The first-order valence-corrected chi connectivity index (χ1v) is 3.53. The van der Waals surface area contributed by atoms with Crippen LogP contribution in [-0.2, 0) is 4.84 Å². The molecule has 0 aliphatic rings. The van der Waals surface area contributed by atoms with Gasteiger partial charge in [0.1, 0.15) is 7.11 Å². The summed E-state index contributed by atoms with van der Waals surface area (Å²) < 4.78 is 0. The van der Waals surface area contributed by atoms with E-state index in [0.29, 0.717) is 5.88 Å². The summed E-state index contributed by atoms with van der Waals surface area (Å²) in [5, 5.41) is 3.72. The zero-order valence-corrected chi connectivity index (χ0v) is 6.61. The Morgan fingerprint density at radius 3 is 2.67 bits per heavy atom. The van der Waals surface area contributed by atoms with Crippen molar-refractivity contribution < 1.29 is 4.84 Å². The molecule has 0 aromatic carbocycles. The van der Waals surface area contributed by atoms with Crippen LogP contribution in [0.3, 0.4) is 0 Å². The predicted molar refractivity (Wildman–Crippen MR) is 40.1 cm³/mol. The molecule has 0 rings (SSSR count). The molecule has 0 N–H and O–H groups in total. The molecule has 0 heterocycles. The SMILES string of the molecule is CCCC(CCl)=NOC. The van der Waals surface area contributed by atoms with E-state index in [-0.39, 0.29) is 0 Å². The summed E-state index contributed by atoms with van der Waals surface area (Å²) in [5.41, 5.74) is 0.918. The van der Waals surface area contributed by atoms with Crippen LogP contribution >= 0.6 is 11.6 Å². The largest absolute Gasteiger partial charge is 0.399 e. The Kier molecular flexibility index (Phi) is 5.73. The quantitative estimate of drug-likeness (QED) is 0.341. The lowest BCUT2D eigenvalue weighted by atomic mass is 10.2. The van der Waals surface area contributed by atoms with Gasteiger partial charge in [-0.3, -0.25) is 0 Å². The molecule has 9 heavy (non-hydrogen) atoms. The van der Waals surface area contributed by atoms with Crippen molar-refractivity contribution in [1.82, 2.24) is 0 Å². The zero-order chi connectivity index (χ0) is 7.11. The van der Waals surface area contributed by atoms with Gasteiger partial charge in [-0.15, -0.1) is 11.6 Å². The van der Waals surface area contributed by atoms with Crippen molar-refractivity contribution in [2.75, 3.05) is 13.0 Å². The fourth-order valence-electron chi connectivity index (χ4n) is 0.555.